The van der Waals surface area contributed by atoms with Crippen molar-refractivity contribution in [2.45, 2.75) is 180 Å². The van der Waals surface area contributed by atoms with Gasteiger partial charge in [0.25, 0.3) is 5.91 Å². The number of allylic oxidation sites excluding steroid dienone is 3. The second-order valence-corrected chi connectivity index (χ2v) is 26.2. The fourth-order valence-electron chi connectivity index (χ4n) is 11.7. The third-order valence-electron chi connectivity index (χ3n) is 17.6. The lowest BCUT2D eigenvalue weighted by Crippen LogP contribution is -2.63. The SMILES string of the molecule is COc1cc(C(=O)N(C)[C@@H](C)C(=O)O[C@@H]2CC(=O)N(C)c3cc(cc(OC)c3Cl)C/C(C)=C/C=C/[C@@H](OC)[C@@]3(O)C[C@H](OC(=O)N3)[C@@H](C)[C@@H]3O[C@@]23C)ccc1NC(=O)[C@H](CCCNC(N)=O)NC(=O)[C@@H](NC(=O)CCCCCN1C(=O)CC(C(C)(C)C)C1=O)C(C)C. The predicted molar refractivity (Wildman–Crippen MR) is 340 cm³/mol. The smallest absolute Gasteiger partial charge is 0.409 e. The summed E-state index contributed by atoms with van der Waals surface area (Å²) in [5, 5.41) is 25.3. The molecule has 2 aromatic carbocycles. The number of primary amides is 1. The largest absolute Gasteiger partial charge is 0.495 e. The monoisotopic (exact) mass is 1310 g/mol. The van der Waals surface area contributed by atoms with Gasteiger partial charge in [0.1, 0.15) is 58.6 Å². The number of alkyl carbamates (subject to hydrolysis) is 1. The summed E-state index contributed by atoms with van der Waals surface area (Å²) in [6.07, 6.45) is 1.82. The molecular formula is C65H92ClN9O17. The maximum atomic E-state index is 14.6. The van der Waals surface area contributed by atoms with Crippen LogP contribution in [0, 0.1) is 23.2 Å². The molecule has 0 saturated carbocycles. The first-order valence-corrected chi connectivity index (χ1v) is 31.4. The number of nitrogens with two attached hydrogens (primary N) is 1. The number of ether oxygens (including phenoxy) is 6. The van der Waals surface area contributed by atoms with E-state index < -0.39 is 120 Å². The molecule has 2 aromatic rings. The normalized spacial score (nSPS) is 25.3. The van der Waals surface area contributed by atoms with E-state index in [1.165, 1.54) is 70.3 Å². The maximum Gasteiger partial charge on any atom is 0.409 e. The van der Waals surface area contributed by atoms with Gasteiger partial charge in [-0.2, -0.15) is 0 Å². The molecule has 4 aliphatic heterocycles. The minimum Gasteiger partial charge on any atom is -0.495 e. The van der Waals surface area contributed by atoms with Crippen LogP contribution in [0.15, 0.2) is 54.1 Å². The Kier molecular flexibility index (Phi) is 24.8. The lowest BCUT2D eigenvalue weighted by molar-refractivity contribution is -0.158. The Balaban J connectivity index is 1.16. The predicted octanol–water partition coefficient (Wildman–Crippen LogP) is 5.83. The van der Waals surface area contributed by atoms with Crippen LogP contribution in [0.25, 0.3) is 0 Å². The zero-order valence-electron chi connectivity index (χ0n) is 55.2. The van der Waals surface area contributed by atoms with Crippen LogP contribution in [0.3, 0.4) is 0 Å². The van der Waals surface area contributed by atoms with Crippen molar-refractivity contribution < 1.29 is 81.5 Å². The van der Waals surface area contributed by atoms with E-state index in [-0.39, 0.29) is 90.4 Å². The molecule has 3 saturated heterocycles. The number of nitrogens with one attached hydrogen (secondary N) is 5. The number of fused-ring (bicyclic) bond motifs is 5. The summed E-state index contributed by atoms with van der Waals surface area (Å²) >= 11 is 6.86. The minimum absolute atomic E-state index is 0.00391. The highest BCUT2D eigenvalue weighted by molar-refractivity contribution is 6.35. The van der Waals surface area contributed by atoms with Gasteiger partial charge in [0, 0.05) is 65.0 Å². The van der Waals surface area contributed by atoms with Crippen molar-refractivity contribution in [2.24, 2.45) is 28.9 Å². The van der Waals surface area contributed by atoms with Crippen molar-refractivity contribution in [2.75, 3.05) is 58.7 Å². The third kappa shape index (κ3) is 18.1. The molecule has 4 bridgehead atoms. The number of halogens is 1. The number of likely N-dealkylation sites (N-methyl/N-ethyl adjacent to an activating group) is 1. The van der Waals surface area contributed by atoms with Gasteiger partial charge in [0.2, 0.25) is 35.4 Å². The topological polar surface area (TPSA) is 345 Å². The molecular weight excluding hydrogens is 1210 g/mol. The number of aliphatic hydroxyl groups is 1. The number of carbonyl (C=O) groups is 10. The van der Waals surface area contributed by atoms with Gasteiger partial charge in [-0.05, 0) is 100 Å². The number of epoxide rings is 1. The zero-order valence-corrected chi connectivity index (χ0v) is 55.9. The number of urea groups is 1. The molecule has 92 heavy (non-hydrogen) atoms. The highest BCUT2D eigenvalue weighted by Gasteiger charge is 2.64. The van der Waals surface area contributed by atoms with E-state index in [4.69, 9.17) is 45.8 Å². The van der Waals surface area contributed by atoms with Gasteiger partial charge in [0.05, 0.1) is 44.0 Å². The van der Waals surface area contributed by atoms with E-state index in [2.05, 4.69) is 26.6 Å². The Morgan fingerprint density at radius 2 is 1.63 bits per heavy atom. The average Bonchev–Trinajstić information content (AvgIpc) is 1.57. The number of hydrogen-bond donors (Lipinski definition) is 7. The summed E-state index contributed by atoms with van der Waals surface area (Å²) in [6, 6.07) is 3.23. The van der Waals surface area contributed by atoms with Gasteiger partial charge in [0.15, 0.2) is 5.72 Å². The van der Waals surface area contributed by atoms with Crippen molar-refractivity contribution in [3.8, 4) is 11.5 Å². The Hall–Kier alpha value is -7.81. The first-order chi connectivity index (χ1) is 43.2. The Morgan fingerprint density at radius 1 is 0.935 bits per heavy atom. The lowest BCUT2D eigenvalue weighted by atomic mass is 9.80. The number of unbranched alkanes of at least 4 members (excludes halogenated alkanes) is 2. The molecule has 26 nitrogen and oxygen atoms in total. The molecule has 0 radical (unpaired) electrons. The van der Waals surface area contributed by atoms with Crippen LogP contribution in [0.4, 0.5) is 21.0 Å². The Morgan fingerprint density at radius 3 is 2.26 bits per heavy atom. The second-order valence-electron chi connectivity index (χ2n) is 25.8. The van der Waals surface area contributed by atoms with Crippen LogP contribution in [0.1, 0.15) is 136 Å². The van der Waals surface area contributed by atoms with Crippen molar-refractivity contribution >= 4 is 82.4 Å². The minimum atomic E-state index is -1.93. The van der Waals surface area contributed by atoms with Gasteiger partial charge in [-0.3, -0.25) is 43.8 Å². The fourth-order valence-corrected chi connectivity index (χ4v) is 12.0. The van der Waals surface area contributed by atoms with Crippen LogP contribution in [0.2, 0.25) is 5.02 Å². The molecule has 4 aliphatic rings. The Bertz CT molecular complexity index is 3170. The number of imide groups is 1. The van der Waals surface area contributed by atoms with E-state index in [0.717, 1.165) is 16.0 Å². The van der Waals surface area contributed by atoms with Crippen LogP contribution in [-0.2, 0) is 58.9 Å². The van der Waals surface area contributed by atoms with Gasteiger partial charge >= 0.3 is 18.1 Å². The summed E-state index contributed by atoms with van der Waals surface area (Å²) in [5.74, 6) is -5.45. The number of amides is 10. The molecule has 10 amide bonds. The van der Waals surface area contributed by atoms with Crippen LogP contribution in [-0.4, -0.2) is 177 Å². The average molecular weight is 1310 g/mol. The van der Waals surface area contributed by atoms with Crippen LogP contribution < -0.4 is 46.7 Å². The van der Waals surface area contributed by atoms with Gasteiger partial charge in [-0.15, -0.1) is 0 Å². The molecule has 0 aromatic heterocycles. The maximum absolute atomic E-state index is 14.6. The molecule has 27 heteroatoms. The number of nitrogens with zero attached hydrogens (tertiary/aromatic N) is 3. The number of likely N-dealkylation sites (tertiary alicyclic amines) is 1. The van der Waals surface area contributed by atoms with E-state index in [1.807, 2.05) is 33.8 Å². The summed E-state index contributed by atoms with van der Waals surface area (Å²) < 4.78 is 35.3. The Labute approximate surface area is 542 Å². The molecule has 1 unspecified atom stereocenters. The first-order valence-electron chi connectivity index (χ1n) is 31.0. The summed E-state index contributed by atoms with van der Waals surface area (Å²) in [4.78, 5) is 139. The highest BCUT2D eigenvalue weighted by Crippen LogP contribution is 2.49. The quantitative estimate of drug-likeness (QED) is 0.0298. The number of methoxy groups -OCH3 is 3. The van der Waals surface area contributed by atoms with E-state index in [1.54, 1.807) is 52.0 Å². The summed E-state index contributed by atoms with van der Waals surface area (Å²) in [5.41, 5.74) is 3.64. The van der Waals surface area contributed by atoms with Gasteiger partial charge < -0.3 is 70.3 Å². The molecule has 3 fully saturated rings. The lowest BCUT2D eigenvalue weighted by Gasteiger charge is -2.42. The van der Waals surface area contributed by atoms with Crippen molar-refractivity contribution in [3.63, 3.8) is 0 Å². The number of hydrogen-bond acceptors (Lipinski definition) is 17. The number of rotatable bonds is 23. The molecule has 6 rings (SSSR count). The van der Waals surface area contributed by atoms with Crippen molar-refractivity contribution in [3.05, 3.63) is 70.3 Å². The first kappa shape index (κ1) is 73.2. The molecule has 506 valence electrons. The molecule has 8 N–H and O–H groups in total. The van der Waals surface area contributed by atoms with E-state index >= 15 is 0 Å². The number of benzene rings is 2. The number of esters is 1. The van der Waals surface area contributed by atoms with Gasteiger partial charge in [-0.25, -0.2) is 14.4 Å². The molecule has 0 aliphatic carbocycles. The van der Waals surface area contributed by atoms with E-state index in [0.29, 0.717) is 37.1 Å². The number of carbonyl (C=O) groups excluding carboxylic acids is 10. The van der Waals surface area contributed by atoms with Crippen molar-refractivity contribution in [1.82, 2.24) is 31.1 Å². The van der Waals surface area contributed by atoms with Crippen molar-refractivity contribution in [1.29, 1.82) is 0 Å². The third-order valence-corrected chi connectivity index (χ3v) is 18.0. The highest BCUT2D eigenvalue weighted by atomic mass is 35.5. The van der Waals surface area contributed by atoms with Crippen LogP contribution >= 0.6 is 11.6 Å². The fraction of sp³-hybridized carbons (Fsp3) is 0.600. The molecule has 0 spiro atoms. The molecule has 11 atom stereocenters. The summed E-state index contributed by atoms with van der Waals surface area (Å²) in [6.45, 7) is 16.3. The standard InChI is InChI=1S/C65H92ClN9O17/c1-35(2)54(71-50(76)23-16-15-17-27-75-52(78)32-41(59(75)82)63(6,7)8)57(80)70-43(21-19-26-68-61(67)84)56(79)69-42-25-24-40(31-45(42)87-12)58(81)73(10)38(5)60(83)91-49-33-51(77)74(11)44-29-39(30-46(88-13)53(44)66)28-36(3)20-18-22-48(89-14)65(86)34-47(90-62(85)72-65)37(4)55-64(49,9)92-55/h18,20,22,24-25,29-31,35,37-38,41,43,47-49,54-55,86H,15-17,19,21,23,26-28,32-34H2,1-14H3,(H,69,79)(H,70,80)(H,71,76)(H,72,85)(H3,67,68,84)/b22-18+,36-20+/t37-,38+,41?,43+,47+,48-,49-,54+,55+,64+,65+/m1/s1. The second kappa shape index (κ2) is 31.2. The van der Waals surface area contributed by atoms with E-state index in [9.17, 15) is 53.1 Å². The molecule has 4 heterocycles. The zero-order chi connectivity index (χ0) is 68.3. The van der Waals surface area contributed by atoms with Gasteiger partial charge in [-0.1, -0.05) is 83.4 Å². The number of anilines is 2. The summed E-state index contributed by atoms with van der Waals surface area (Å²) in [7, 11) is 7.04. The van der Waals surface area contributed by atoms with Crippen LogP contribution in [0.5, 0.6) is 11.5 Å².